The molecule has 0 aliphatic carbocycles. The van der Waals surface area contributed by atoms with Crippen molar-refractivity contribution in [2.75, 3.05) is 6.61 Å². The van der Waals surface area contributed by atoms with Gasteiger partial charge in [-0.1, -0.05) is 24.1 Å². The first kappa shape index (κ1) is 59.3. The van der Waals surface area contributed by atoms with Crippen molar-refractivity contribution in [2.24, 2.45) is 0 Å². The second kappa shape index (κ2) is 48.5. The Labute approximate surface area is 244 Å². The van der Waals surface area contributed by atoms with Gasteiger partial charge in [0.15, 0.2) is 0 Å². The van der Waals surface area contributed by atoms with E-state index in [4.69, 9.17) is 0 Å². The molecular formula is C11H10F18O2P6Rh2. The molecule has 0 amide bonds. The summed E-state index contributed by atoms with van der Waals surface area (Å²) in [5.74, 6) is 4.61. The fourth-order valence-corrected chi connectivity index (χ4v) is 0.812. The van der Waals surface area contributed by atoms with Gasteiger partial charge >= 0.3 is 59.1 Å². The number of hydrogen-bond acceptors (Lipinski definition) is 2. The summed E-state index contributed by atoms with van der Waals surface area (Å²) in [7, 11) is -24.7. The van der Waals surface area contributed by atoms with E-state index in [1.54, 1.807) is 6.92 Å². The van der Waals surface area contributed by atoms with Crippen molar-refractivity contribution in [2.45, 2.75) is 6.92 Å². The molecule has 0 saturated heterocycles. The minimum atomic E-state index is -4.12. The van der Waals surface area contributed by atoms with Crippen LogP contribution < -0.4 is 0 Å². The average Bonchev–Trinajstić information content (AvgIpc) is 2.65. The molecule has 0 saturated carbocycles. The second-order valence-electron chi connectivity index (χ2n) is 3.49. The van der Waals surface area contributed by atoms with Gasteiger partial charge < -0.3 is 4.74 Å². The van der Waals surface area contributed by atoms with Crippen LogP contribution in [0, 0.1) is 11.8 Å². The third-order valence-electron chi connectivity index (χ3n) is 1.36. The Balaban J connectivity index is -0.0000000524. The number of carbonyl (C=O) groups excluding carboxylic acids is 1. The van der Waals surface area contributed by atoms with Crippen LogP contribution in [-0.2, 0) is 48.5 Å². The normalized spacial score (nSPS) is 8.33. The predicted octanol–water partition coefficient (Wildman–Crippen LogP) is 14.3. The zero-order valence-corrected chi connectivity index (χ0v) is 26.2. The first-order chi connectivity index (χ1) is 16.7. The minimum Gasteiger partial charge on any atom is -0.456 e. The molecule has 240 valence electrons. The van der Waals surface area contributed by atoms with Crippen LogP contribution in [0.2, 0.25) is 0 Å². The maximum atomic E-state index is 10.8. The quantitative estimate of drug-likeness (QED) is 0.0923. The van der Waals surface area contributed by atoms with Gasteiger partial charge in [-0.05, 0) is 19.1 Å². The number of halogens is 18. The Kier molecular flexibility index (Phi) is 73.8. The first-order valence-electron chi connectivity index (χ1n) is 7.11. The maximum absolute atomic E-state index is 10.8. The summed E-state index contributed by atoms with van der Waals surface area (Å²) in [6, 6.07) is 9.32. The van der Waals surface area contributed by atoms with Gasteiger partial charge in [0.25, 0.3) is 0 Å². The number of benzene rings is 1. The molecule has 0 unspecified atom stereocenters. The number of carbonyl (C=O) groups is 1. The van der Waals surface area contributed by atoms with E-state index in [0.29, 0.717) is 6.61 Å². The number of esters is 1. The summed E-state index contributed by atoms with van der Waals surface area (Å²) in [5.41, 5.74) is 0.815. The fraction of sp³-hybridized carbons (Fsp3) is 0.182. The van der Waals surface area contributed by atoms with E-state index in [0.717, 1.165) is 5.56 Å². The van der Waals surface area contributed by atoms with E-state index in [1.807, 2.05) is 30.3 Å². The zero-order chi connectivity index (χ0) is 31.0. The Morgan fingerprint density at radius 1 is 0.590 bits per heavy atom. The van der Waals surface area contributed by atoms with Gasteiger partial charge in [0.2, 0.25) is 0 Å². The summed E-state index contributed by atoms with van der Waals surface area (Å²) in [5, 5.41) is 0. The molecular weight excluding hydrogens is 898 g/mol. The van der Waals surface area contributed by atoms with Crippen LogP contribution in [0.5, 0.6) is 0 Å². The van der Waals surface area contributed by atoms with Gasteiger partial charge in [-0.3, -0.25) is 0 Å². The molecule has 1 rings (SSSR count). The zero-order valence-electron chi connectivity index (χ0n) is 17.6. The maximum Gasteiger partial charge on any atom is 0.456 e. The molecule has 28 heteroatoms. The van der Waals surface area contributed by atoms with E-state index in [1.165, 1.54) is 0 Å². The molecule has 2 radical (unpaired) electrons. The largest absolute Gasteiger partial charge is 0.456 e. The molecule has 0 heterocycles. The molecule has 0 N–H and O–H groups in total. The van der Waals surface area contributed by atoms with E-state index in [2.05, 4.69) is 16.6 Å². The second-order valence-corrected chi connectivity index (χ2v) is 5.79. The van der Waals surface area contributed by atoms with E-state index >= 15 is 0 Å². The SMILES string of the molecule is CCOC(=O)C#Cc1ccccc1.FP(F)F.FP(F)F.FP(F)F.FP(F)F.FP(F)F.FP(F)F.[Rh].[Rh]. The summed E-state index contributed by atoms with van der Waals surface area (Å²) < 4.78 is 180. The summed E-state index contributed by atoms with van der Waals surface area (Å²) in [6.07, 6.45) is 0. The molecule has 0 bridgehead atoms. The average molecular weight is 908 g/mol. The van der Waals surface area contributed by atoms with Gasteiger partial charge in [-0.2, -0.15) is 75.5 Å². The number of ether oxygens (including phenoxy) is 1. The molecule has 2 nitrogen and oxygen atoms in total. The molecule has 0 aromatic heterocycles. The van der Waals surface area contributed by atoms with Crippen LogP contribution in [0.4, 0.5) is 75.5 Å². The van der Waals surface area contributed by atoms with E-state index in [-0.39, 0.29) is 39.0 Å². The van der Waals surface area contributed by atoms with Crippen molar-refractivity contribution in [3.05, 3.63) is 35.9 Å². The number of hydrogen-bond donors (Lipinski definition) is 0. The summed E-state index contributed by atoms with van der Waals surface area (Å²) >= 11 is 0. The van der Waals surface area contributed by atoms with Crippen molar-refractivity contribution in [1.82, 2.24) is 0 Å². The van der Waals surface area contributed by atoms with Crippen molar-refractivity contribution in [3.8, 4) is 11.8 Å². The van der Waals surface area contributed by atoms with Crippen molar-refractivity contribution in [1.29, 1.82) is 0 Å². The smallest absolute Gasteiger partial charge is 0.456 e. The van der Waals surface area contributed by atoms with Crippen LogP contribution >= 0.6 is 53.1 Å². The van der Waals surface area contributed by atoms with E-state index in [9.17, 15) is 80.3 Å². The molecule has 39 heavy (non-hydrogen) atoms. The third-order valence-corrected chi connectivity index (χ3v) is 1.36. The minimum absolute atomic E-state index is 0. The van der Waals surface area contributed by atoms with Gasteiger partial charge in [0.1, 0.15) is 0 Å². The van der Waals surface area contributed by atoms with E-state index < -0.39 is 59.1 Å². The molecule has 0 spiro atoms. The molecule has 0 aliphatic heterocycles. The van der Waals surface area contributed by atoms with Crippen LogP contribution in [0.3, 0.4) is 0 Å². The molecule has 0 atom stereocenters. The summed E-state index contributed by atoms with van der Waals surface area (Å²) in [6.45, 7) is 2.12. The number of rotatable bonds is 1. The van der Waals surface area contributed by atoms with Crippen molar-refractivity contribution in [3.63, 3.8) is 0 Å². The Morgan fingerprint density at radius 2 is 0.821 bits per heavy atom. The van der Waals surface area contributed by atoms with Gasteiger partial charge in [0.05, 0.1) is 6.61 Å². The fourth-order valence-electron chi connectivity index (χ4n) is 0.812. The predicted molar refractivity (Wildman–Crippen MR) is 111 cm³/mol. The van der Waals surface area contributed by atoms with Crippen molar-refractivity contribution < 1.29 is 124 Å². The first-order valence-corrected chi connectivity index (χ1v) is 13.2. The topological polar surface area (TPSA) is 26.3 Å². The third kappa shape index (κ3) is 186. The molecule has 0 aliphatic rings. The van der Waals surface area contributed by atoms with Crippen LogP contribution in [-0.4, -0.2) is 12.6 Å². The Morgan fingerprint density at radius 3 is 1.03 bits per heavy atom. The van der Waals surface area contributed by atoms with Crippen molar-refractivity contribution >= 4 is 59.1 Å². The molecule has 1 aromatic rings. The monoisotopic (exact) mass is 908 g/mol. The Bertz CT molecular complexity index is 570. The van der Waals surface area contributed by atoms with Gasteiger partial charge in [-0.15, -0.1) is 0 Å². The van der Waals surface area contributed by atoms with Crippen LogP contribution in [0.15, 0.2) is 30.3 Å². The van der Waals surface area contributed by atoms with Crippen LogP contribution in [0.1, 0.15) is 12.5 Å². The Hall–Kier alpha value is 0.817. The van der Waals surface area contributed by atoms with Gasteiger partial charge in [-0.25, -0.2) is 4.79 Å². The molecule has 1 aromatic carbocycles. The van der Waals surface area contributed by atoms with Gasteiger partial charge in [0, 0.05) is 50.4 Å². The molecule has 0 fully saturated rings. The summed E-state index contributed by atoms with van der Waals surface area (Å²) in [4.78, 5) is 10.8. The van der Waals surface area contributed by atoms with Crippen LogP contribution in [0.25, 0.3) is 0 Å². The standard InChI is InChI=1S/C11H10O2.6F3P.2Rh/c1-2-13-11(12)9-8-10-6-4-3-5-7-10;6*1-4(2)3;;/h3-7H,2H2,1H3;;;;;;;;.